The fraction of sp³-hybridized carbons (Fsp3) is 0.286. The van der Waals surface area contributed by atoms with E-state index in [9.17, 15) is 19.7 Å². The molecule has 3 atom stereocenters. The standard InChI is InChI=1S/C28H27N3O8/c1-4-14-38-19-12-10-17(11-13-19)29-27(32)24-25(20-15-22(36-2)23(37-3)16-21(20)31(34)35)30(39-26(24)28(29)33)18-8-6-5-7-9-18/h5-13,15-16,24-26H,4,14H2,1-3H3/t24-,25-,26+/m1/s1. The molecule has 0 spiro atoms. The molecule has 2 aliphatic heterocycles. The summed E-state index contributed by atoms with van der Waals surface area (Å²) in [6.07, 6.45) is -0.348. The van der Waals surface area contributed by atoms with Gasteiger partial charge in [-0.3, -0.25) is 24.5 Å². The lowest BCUT2D eigenvalue weighted by Gasteiger charge is -2.29. The molecule has 0 saturated carbocycles. The molecular weight excluding hydrogens is 506 g/mol. The van der Waals surface area contributed by atoms with E-state index < -0.39 is 34.8 Å². The lowest BCUT2D eigenvalue weighted by Crippen LogP contribution is -2.37. The number of carbonyl (C=O) groups is 2. The van der Waals surface area contributed by atoms with E-state index in [1.807, 2.05) is 6.92 Å². The van der Waals surface area contributed by atoms with Crippen molar-refractivity contribution in [3.05, 3.63) is 82.4 Å². The minimum Gasteiger partial charge on any atom is -0.494 e. The van der Waals surface area contributed by atoms with Crippen molar-refractivity contribution in [3.8, 4) is 17.2 Å². The summed E-state index contributed by atoms with van der Waals surface area (Å²) in [6.45, 7) is 2.53. The van der Waals surface area contributed by atoms with Crippen molar-refractivity contribution >= 4 is 28.9 Å². The van der Waals surface area contributed by atoms with Gasteiger partial charge in [-0.25, -0.2) is 9.96 Å². The molecule has 5 rings (SSSR count). The summed E-state index contributed by atoms with van der Waals surface area (Å²) >= 11 is 0. The van der Waals surface area contributed by atoms with E-state index >= 15 is 0 Å². The quantitative estimate of drug-likeness (QED) is 0.223. The highest BCUT2D eigenvalue weighted by Crippen LogP contribution is 2.51. The van der Waals surface area contributed by atoms with Crippen molar-refractivity contribution < 1.29 is 33.6 Å². The molecule has 2 amide bonds. The number of carbonyl (C=O) groups excluding carboxylic acids is 2. The van der Waals surface area contributed by atoms with Crippen LogP contribution in [-0.2, 0) is 14.4 Å². The van der Waals surface area contributed by atoms with Crippen LogP contribution in [0, 0.1) is 16.0 Å². The average Bonchev–Trinajstić information content (AvgIpc) is 3.47. The third kappa shape index (κ3) is 4.50. The molecule has 0 bridgehead atoms. The van der Waals surface area contributed by atoms with Crippen LogP contribution in [0.2, 0.25) is 0 Å². The number of nitrogens with zero attached hydrogens (tertiary/aromatic N) is 3. The number of hydrogen-bond acceptors (Lipinski definition) is 9. The minimum absolute atomic E-state index is 0.153. The second-order valence-electron chi connectivity index (χ2n) is 9.04. The van der Waals surface area contributed by atoms with Gasteiger partial charge in [0.25, 0.3) is 11.6 Å². The maximum Gasteiger partial charge on any atom is 0.278 e. The molecule has 202 valence electrons. The van der Waals surface area contributed by atoms with Crippen LogP contribution in [0.5, 0.6) is 17.2 Å². The Morgan fingerprint density at radius 2 is 1.59 bits per heavy atom. The predicted octanol–water partition coefficient (Wildman–Crippen LogP) is 4.45. The van der Waals surface area contributed by atoms with Gasteiger partial charge in [0.2, 0.25) is 5.91 Å². The van der Waals surface area contributed by atoms with Crippen LogP contribution in [0.4, 0.5) is 17.1 Å². The Hall–Kier alpha value is -4.64. The average molecular weight is 534 g/mol. The topological polar surface area (TPSA) is 121 Å². The van der Waals surface area contributed by atoms with E-state index in [1.165, 1.54) is 31.4 Å². The molecule has 0 unspecified atom stereocenters. The molecular formula is C28H27N3O8. The van der Waals surface area contributed by atoms with E-state index in [0.717, 1.165) is 11.3 Å². The molecule has 11 nitrogen and oxygen atoms in total. The number of amides is 2. The van der Waals surface area contributed by atoms with Crippen molar-refractivity contribution in [1.29, 1.82) is 0 Å². The Morgan fingerprint density at radius 1 is 0.923 bits per heavy atom. The SMILES string of the molecule is CCCOc1ccc(N2C(=O)[C@H]3[C@H](ON(c4ccccc4)[C@@H]3c3cc(OC)c(OC)cc3[N+](=O)[O-])C2=O)cc1. The van der Waals surface area contributed by atoms with Crippen molar-refractivity contribution in [2.24, 2.45) is 5.92 Å². The molecule has 3 aromatic rings. The van der Waals surface area contributed by atoms with Gasteiger partial charge in [-0.1, -0.05) is 25.1 Å². The van der Waals surface area contributed by atoms with Gasteiger partial charge < -0.3 is 14.2 Å². The Bertz CT molecular complexity index is 1400. The zero-order chi connectivity index (χ0) is 27.7. The summed E-state index contributed by atoms with van der Waals surface area (Å²) in [7, 11) is 2.79. The van der Waals surface area contributed by atoms with Gasteiger partial charge in [0.15, 0.2) is 17.6 Å². The third-order valence-corrected chi connectivity index (χ3v) is 6.74. The zero-order valence-electron chi connectivity index (χ0n) is 21.6. The molecule has 3 aromatic carbocycles. The summed E-state index contributed by atoms with van der Waals surface area (Å²) in [5.74, 6) is -1.13. The third-order valence-electron chi connectivity index (χ3n) is 6.74. The summed E-state index contributed by atoms with van der Waals surface area (Å²) in [4.78, 5) is 46.3. The lowest BCUT2D eigenvalue weighted by molar-refractivity contribution is -0.385. The molecule has 2 fully saturated rings. The number of hydrogen-bond donors (Lipinski definition) is 0. The highest BCUT2D eigenvalue weighted by Gasteiger charge is 2.61. The number of nitro benzene ring substituents is 1. The van der Waals surface area contributed by atoms with E-state index in [1.54, 1.807) is 54.6 Å². The normalized spacial score (nSPS) is 20.2. The van der Waals surface area contributed by atoms with Gasteiger partial charge >= 0.3 is 0 Å². The maximum absolute atomic E-state index is 13.9. The van der Waals surface area contributed by atoms with Crippen LogP contribution in [0.25, 0.3) is 0 Å². The largest absolute Gasteiger partial charge is 0.494 e. The highest BCUT2D eigenvalue weighted by atomic mass is 16.7. The van der Waals surface area contributed by atoms with Crippen LogP contribution in [0.3, 0.4) is 0 Å². The number of hydroxylamine groups is 1. The van der Waals surface area contributed by atoms with Crippen LogP contribution in [-0.4, -0.2) is 43.7 Å². The zero-order valence-corrected chi connectivity index (χ0v) is 21.6. The first kappa shape index (κ1) is 26.0. The monoisotopic (exact) mass is 533 g/mol. The number of ether oxygens (including phenoxy) is 3. The van der Waals surface area contributed by atoms with Crippen molar-refractivity contribution in [3.63, 3.8) is 0 Å². The molecule has 11 heteroatoms. The van der Waals surface area contributed by atoms with Crippen LogP contribution in [0.1, 0.15) is 24.9 Å². The van der Waals surface area contributed by atoms with Crippen LogP contribution < -0.4 is 24.2 Å². The molecule has 39 heavy (non-hydrogen) atoms. The Balaban J connectivity index is 1.60. The second kappa shape index (κ2) is 10.6. The Kier molecular flexibility index (Phi) is 7.07. The highest BCUT2D eigenvalue weighted by molar-refractivity contribution is 6.24. The Morgan fingerprint density at radius 3 is 2.21 bits per heavy atom. The number of nitro groups is 1. The van der Waals surface area contributed by atoms with Gasteiger partial charge in [-0.2, -0.15) is 0 Å². The smallest absolute Gasteiger partial charge is 0.278 e. The van der Waals surface area contributed by atoms with E-state index in [4.69, 9.17) is 19.0 Å². The van der Waals surface area contributed by atoms with Gasteiger partial charge in [0.05, 0.1) is 48.8 Å². The van der Waals surface area contributed by atoms with E-state index in [0.29, 0.717) is 23.7 Å². The Labute approximate surface area is 224 Å². The van der Waals surface area contributed by atoms with E-state index in [2.05, 4.69) is 0 Å². The fourth-order valence-corrected chi connectivity index (χ4v) is 4.97. The number of methoxy groups -OCH3 is 2. The van der Waals surface area contributed by atoms with E-state index in [-0.39, 0.29) is 22.7 Å². The first-order chi connectivity index (χ1) is 18.9. The molecule has 0 N–H and O–H groups in total. The van der Waals surface area contributed by atoms with Gasteiger partial charge in [-0.15, -0.1) is 0 Å². The van der Waals surface area contributed by atoms with Gasteiger partial charge in [0.1, 0.15) is 17.7 Å². The fourth-order valence-electron chi connectivity index (χ4n) is 4.97. The van der Waals surface area contributed by atoms with Crippen LogP contribution in [0.15, 0.2) is 66.7 Å². The van der Waals surface area contributed by atoms with Gasteiger partial charge in [-0.05, 0) is 48.9 Å². The number of anilines is 2. The molecule has 0 aromatic heterocycles. The summed E-state index contributed by atoms with van der Waals surface area (Å²) in [5, 5.41) is 13.6. The molecule has 0 radical (unpaired) electrons. The number of fused-ring (bicyclic) bond motifs is 1. The predicted molar refractivity (Wildman–Crippen MR) is 141 cm³/mol. The summed E-state index contributed by atoms with van der Waals surface area (Å²) in [5.41, 5.74) is 0.753. The maximum atomic E-state index is 13.9. The number of para-hydroxylation sites is 1. The van der Waals surface area contributed by atoms with Crippen molar-refractivity contribution in [2.75, 3.05) is 30.8 Å². The molecule has 0 aliphatic carbocycles. The van der Waals surface area contributed by atoms with Crippen molar-refractivity contribution in [2.45, 2.75) is 25.5 Å². The number of rotatable bonds is 9. The minimum atomic E-state index is -1.19. The molecule has 2 heterocycles. The van der Waals surface area contributed by atoms with Gasteiger partial charge in [0, 0.05) is 0 Å². The van der Waals surface area contributed by atoms with Crippen molar-refractivity contribution in [1.82, 2.24) is 0 Å². The lowest BCUT2D eigenvalue weighted by atomic mass is 9.89. The second-order valence-corrected chi connectivity index (χ2v) is 9.04. The number of imide groups is 1. The number of benzene rings is 3. The summed E-state index contributed by atoms with van der Waals surface area (Å²) in [6, 6.07) is 17.2. The molecule has 2 aliphatic rings. The van der Waals surface area contributed by atoms with Crippen LogP contribution >= 0.6 is 0 Å². The molecule has 2 saturated heterocycles. The first-order valence-electron chi connectivity index (χ1n) is 12.4. The first-order valence-corrected chi connectivity index (χ1v) is 12.4. The summed E-state index contributed by atoms with van der Waals surface area (Å²) < 4.78 is 16.3.